The molecule has 60 valence electrons. The summed E-state index contributed by atoms with van der Waals surface area (Å²) in [5.41, 5.74) is -0.952. The average molecular weight is 224 g/mol. The Hall–Kier alpha value is 0.830. The summed E-state index contributed by atoms with van der Waals surface area (Å²) in [4.78, 5) is 10.7. The summed E-state index contributed by atoms with van der Waals surface area (Å²) < 4.78 is 0. The van der Waals surface area contributed by atoms with Gasteiger partial charge in [0, 0.05) is 17.6 Å². The van der Waals surface area contributed by atoms with Gasteiger partial charge in [-0.2, -0.15) is 0 Å². The van der Waals surface area contributed by atoms with Crippen LogP contribution >= 0.6 is 46.4 Å². The van der Waals surface area contributed by atoms with Crippen molar-refractivity contribution in [3.8, 4) is 0 Å². The predicted molar refractivity (Wildman–Crippen MR) is 45.5 cm³/mol. The zero-order chi connectivity index (χ0) is 8.20. The lowest BCUT2D eigenvalue weighted by atomic mass is 9.98. The molecule has 0 fully saturated rings. The van der Waals surface area contributed by atoms with E-state index < -0.39 is 10.7 Å². The maximum absolute atomic E-state index is 10.7. The largest absolute Gasteiger partial charge is 0.281 e. The molecule has 0 saturated heterocycles. The van der Waals surface area contributed by atoms with Crippen LogP contribution in [0.5, 0.6) is 0 Å². The standard InChI is InChI=1S/C5H6Cl4O/c6-1-5(2-7,3-8)4(9)10/h1-3H2. The Morgan fingerprint density at radius 3 is 1.40 bits per heavy atom. The second-order valence-electron chi connectivity index (χ2n) is 1.95. The molecule has 0 aromatic carbocycles. The highest BCUT2D eigenvalue weighted by Crippen LogP contribution is 2.26. The first kappa shape index (κ1) is 10.8. The molecule has 0 N–H and O–H groups in total. The van der Waals surface area contributed by atoms with Crippen LogP contribution in [0, 0.1) is 5.41 Å². The molecule has 5 heteroatoms. The highest BCUT2D eigenvalue weighted by atomic mass is 35.5. The van der Waals surface area contributed by atoms with E-state index in [1.807, 2.05) is 0 Å². The molecule has 0 unspecified atom stereocenters. The van der Waals surface area contributed by atoms with Crippen molar-refractivity contribution in [3.63, 3.8) is 0 Å². The Kier molecular flexibility index (Phi) is 5.04. The van der Waals surface area contributed by atoms with Crippen LogP contribution in [0.25, 0.3) is 0 Å². The van der Waals surface area contributed by atoms with E-state index in [9.17, 15) is 4.79 Å². The van der Waals surface area contributed by atoms with Crippen molar-refractivity contribution >= 4 is 51.6 Å². The molecule has 0 aromatic rings. The fourth-order valence-electron chi connectivity index (χ4n) is 0.265. The number of carbonyl (C=O) groups is 1. The Morgan fingerprint density at radius 2 is 1.40 bits per heavy atom. The van der Waals surface area contributed by atoms with Gasteiger partial charge in [-0.25, -0.2) is 0 Å². The summed E-state index contributed by atoms with van der Waals surface area (Å²) in [5, 5.41) is -0.576. The normalized spacial score (nSPS) is 11.6. The molecule has 0 atom stereocenters. The minimum absolute atomic E-state index is 0.0579. The van der Waals surface area contributed by atoms with Gasteiger partial charge in [0.15, 0.2) is 0 Å². The minimum atomic E-state index is -0.952. The van der Waals surface area contributed by atoms with Crippen molar-refractivity contribution in [2.45, 2.75) is 0 Å². The minimum Gasteiger partial charge on any atom is -0.281 e. The topological polar surface area (TPSA) is 17.1 Å². The van der Waals surface area contributed by atoms with E-state index in [4.69, 9.17) is 46.4 Å². The third-order valence-electron chi connectivity index (χ3n) is 1.18. The number of carbonyl (C=O) groups excluding carboxylic acids is 1. The third-order valence-corrected chi connectivity index (χ3v) is 3.12. The van der Waals surface area contributed by atoms with Crippen molar-refractivity contribution in [3.05, 3.63) is 0 Å². The van der Waals surface area contributed by atoms with Gasteiger partial charge in [-0.15, -0.1) is 34.8 Å². The van der Waals surface area contributed by atoms with E-state index in [0.29, 0.717) is 0 Å². The predicted octanol–water partition coefficient (Wildman–Crippen LogP) is 2.45. The third kappa shape index (κ3) is 2.16. The van der Waals surface area contributed by atoms with Gasteiger partial charge in [-0.1, -0.05) is 0 Å². The van der Waals surface area contributed by atoms with Crippen LogP contribution in [0.3, 0.4) is 0 Å². The van der Waals surface area contributed by atoms with E-state index >= 15 is 0 Å². The number of halogens is 4. The number of hydrogen-bond donors (Lipinski definition) is 0. The highest BCUT2D eigenvalue weighted by Gasteiger charge is 2.34. The van der Waals surface area contributed by atoms with Gasteiger partial charge in [-0.05, 0) is 11.6 Å². The fraction of sp³-hybridized carbons (Fsp3) is 0.800. The van der Waals surface area contributed by atoms with Crippen LogP contribution in [0.2, 0.25) is 0 Å². The van der Waals surface area contributed by atoms with Gasteiger partial charge in [0.05, 0.1) is 5.41 Å². The molecule has 0 rings (SSSR count). The quantitative estimate of drug-likeness (QED) is 0.529. The molecule has 0 heterocycles. The molecule has 1 nitrogen and oxygen atoms in total. The zero-order valence-corrected chi connectivity index (χ0v) is 8.07. The first-order chi connectivity index (χ1) is 4.63. The molecule has 0 radical (unpaired) electrons. The molecule has 0 amide bonds. The molecular weight excluding hydrogens is 218 g/mol. The second kappa shape index (κ2) is 4.66. The Labute approximate surface area is 79.6 Å². The van der Waals surface area contributed by atoms with Crippen LogP contribution in [0.4, 0.5) is 0 Å². The van der Waals surface area contributed by atoms with Crippen molar-refractivity contribution in [2.75, 3.05) is 17.6 Å². The van der Waals surface area contributed by atoms with E-state index in [2.05, 4.69) is 0 Å². The van der Waals surface area contributed by atoms with Crippen molar-refractivity contribution < 1.29 is 4.79 Å². The molecule has 0 aliphatic rings. The van der Waals surface area contributed by atoms with Gasteiger partial charge in [0.1, 0.15) is 0 Å². The molecule has 10 heavy (non-hydrogen) atoms. The van der Waals surface area contributed by atoms with Crippen molar-refractivity contribution in [1.82, 2.24) is 0 Å². The SMILES string of the molecule is O=C(Cl)C(CCl)(CCl)CCl. The van der Waals surface area contributed by atoms with E-state index in [1.165, 1.54) is 0 Å². The maximum atomic E-state index is 10.7. The first-order valence-corrected chi connectivity index (χ1v) is 4.49. The molecule has 0 aromatic heterocycles. The number of hydrogen-bond acceptors (Lipinski definition) is 1. The second-order valence-corrected chi connectivity index (χ2v) is 3.10. The molecule has 0 bridgehead atoms. The van der Waals surface area contributed by atoms with Gasteiger partial charge in [-0.3, -0.25) is 4.79 Å². The Morgan fingerprint density at radius 1 is 1.10 bits per heavy atom. The average Bonchev–Trinajstić information content (AvgIpc) is 1.92. The van der Waals surface area contributed by atoms with Crippen LogP contribution in [-0.2, 0) is 4.79 Å². The van der Waals surface area contributed by atoms with E-state index in [-0.39, 0.29) is 17.6 Å². The summed E-state index contributed by atoms with van der Waals surface area (Å²) in [6.07, 6.45) is 0. The van der Waals surface area contributed by atoms with Crippen LogP contribution in [0.1, 0.15) is 0 Å². The van der Waals surface area contributed by atoms with E-state index in [0.717, 1.165) is 0 Å². The molecule has 0 aliphatic heterocycles. The summed E-state index contributed by atoms with van der Waals surface area (Å²) in [6, 6.07) is 0. The van der Waals surface area contributed by atoms with Crippen LogP contribution < -0.4 is 0 Å². The van der Waals surface area contributed by atoms with Crippen molar-refractivity contribution in [1.29, 1.82) is 0 Å². The number of alkyl halides is 3. The summed E-state index contributed by atoms with van der Waals surface area (Å²) in [7, 11) is 0. The fourth-order valence-corrected chi connectivity index (χ4v) is 1.89. The van der Waals surface area contributed by atoms with E-state index in [1.54, 1.807) is 0 Å². The summed E-state index contributed by atoms with van der Waals surface area (Å²) >= 11 is 21.5. The summed E-state index contributed by atoms with van der Waals surface area (Å²) in [5.74, 6) is 0.174. The molecular formula is C5H6Cl4O. The van der Waals surface area contributed by atoms with Crippen LogP contribution in [0.15, 0.2) is 0 Å². The lowest BCUT2D eigenvalue weighted by Gasteiger charge is -2.20. The molecule has 0 spiro atoms. The maximum Gasteiger partial charge on any atom is 0.231 e. The smallest absolute Gasteiger partial charge is 0.231 e. The Bertz CT molecular complexity index is 113. The zero-order valence-electron chi connectivity index (χ0n) is 5.04. The highest BCUT2D eigenvalue weighted by molar-refractivity contribution is 6.66. The molecule has 0 aliphatic carbocycles. The van der Waals surface area contributed by atoms with Gasteiger partial charge < -0.3 is 0 Å². The number of rotatable bonds is 4. The monoisotopic (exact) mass is 222 g/mol. The molecule has 0 saturated carbocycles. The van der Waals surface area contributed by atoms with Crippen LogP contribution in [-0.4, -0.2) is 22.9 Å². The van der Waals surface area contributed by atoms with Crippen molar-refractivity contribution in [2.24, 2.45) is 5.41 Å². The van der Waals surface area contributed by atoms with Gasteiger partial charge in [0.2, 0.25) is 5.24 Å². The van der Waals surface area contributed by atoms with Gasteiger partial charge in [0.25, 0.3) is 0 Å². The lowest BCUT2D eigenvalue weighted by molar-refractivity contribution is -0.117. The van der Waals surface area contributed by atoms with Gasteiger partial charge >= 0.3 is 0 Å². The summed E-state index contributed by atoms with van der Waals surface area (Å²) in [6.45, 7) is 0. The first-order valence-electron chi connectivity index (χ1n) is 2.51. The lowest BCUT2D eigenvalue weighted by Crippen LogP contribution is -2.33. The Balaban J connectivity index is 4.31.